The summed E-state index contributed by atoms with van der Waals surface area (Å²) in [5.41, 5.74) is 0.0429. The van der Waals surface area contributed by atoms with E-state index in [1.165, 1.54) is 26.3 Å². The van der Waals surface area contributed by atoms with Gasteiger partial charge >= 0.3 is 12.1 Å². The maximum Gasteiger partial charge on any atom is 0.420 e. The van der Waals surface area contributed by atoms with Crippen molar-refractivity contribution in [2.24, 2.45) is 5.10 Å². The molecule has 1 atom stereocenters. The predicted octanol–water partition coefficient (Wildman–Crippen LogP) is 4.54. The van der Waals surface area contributed by atoms with Gasteiger partial charge in [0.25, 0.3) is 0 Å². The zero-order valence-electron chi connectivity index (χ0n) is 17.7. The Kier molecular flexibility index (Phi) is 9.54. The van der Waals surface area contributed by atoms with E-state index >= 15 is 0 Å². The van der Waals surface area contributed by atoms with Crippen molar-refractivity contribution in [1.29, 1.82) is 0 Å². The fourth-order valence-electron chi connectivity index (χ4n) is 2.53. The van der Waals surface area contributed by atoms with E-state index in [1.54, 1.807) is 38.1 Å². The number of anilines is 1. The summed E-state index contributed by atoms with van der Waals surface area (Å²) in [6.45, 7) is 4.75. The van der Waals surface area contributed by atoms with Crippen LogP contribution in [0.2, 0.25) is 0 Å². The van der Waals surface area contributed by atoms with Crippen molar-refractivity contribution in [3.63, 3.8) is 0 Å². The number of aromatic nitrogens is 1. The number of rotatable bonds is 7. The number of carbonyl (C=O) groups is 1. The number of hydrogen-bond donors (Lipinski definition) is 0. The van der Waals surface area contributed by atoms with Gasteiger partial charge in [-0.05, 0) is 62.7 Å². The van der Waals surface area contributed by atoms with Crippen molar-refractivity contribution in [2.45, 2.75) is 33.0 Å². The van der Waals surface area contributed by atoms with Crippen LogP contribution in [0, 0.1) is 12.8 Å². The number of methoxy groups -OCH3 is 1. The van der Waals surface area contributed by atoms with Crippen LogP contribution >= 0.6 is 0 Å². The minimum Gasteiger partial charge on any atom is -0.497 e. The average molecular weight is 435 g/mol. The zero-order valence-corrected chi connectivity index (χ0v) is 17.7. The Balaban J connectivity index is 0.00000233. The summed E-state index contributed by atoms with van der Waals surface area (Å²) in [5, 5.41) is 5.24. The van der Waals surface area contributed by atoms with Gasteiger partial charge in [0.15, 0.2) is 5.82 Å². The summed E-state index contributed by atoms with van der Waals surface area (Å²) in [5.74, 6) is -0.562. The molecule has 2 rings (SSSR count). The van der Waals surface area contributed by atoms with Gasteiger partial charge in [-0.1, -0.05) is 0 Å². The van der Waals surface area contributed by atoms with Gasteiger partial charge in [0.1, 0.15) is 11.8 Å². The molecular weight excluding hydrogens is 411 g/mol. The molecule has 0 radical (unpaired) electrons. The van der Waals surface area contributed by atoms with E-state index in [4.69, 9.17) is 9.47 Å². The van der Waals surface area contributed by atoms with Crippen molar-refractivity contribution < 1.29 is 27.4 Å². The Morgan fingerprint density at radius 2 is 1.84 bits per heavy atom. The molecule has 2 aromatic rings. The number of ether oxygens (including phenoxy) is 2. The standard InChI is InChI=1S/C20H22F3N3O3.C2H2/c1-5-29-19(27)14(3)26(18-17(20(21,22)23)7-6-12-24-18)25-13(2)15-8-10-16(28-4)11-9-15;1-2/h6-12,14H,5H2,1-4H3;1-2H/b25-13+;. The molecule has 0 aliphatic carbocycles. The number of halogens is 3. The highest BCUT2D eigenvalue weighted by molar-refractivity contribution is 5.99. The van der Waals surface area contributed by atoms with E-state index in [0.717, 1.165) is 11.1 Å². The first kappa shape index (κ1) is 25.5. The van der Waals surface area contributed by atoms with Crippen molar-refractivity contribution in [2.75, 3.05) is 18.7 Å². The van der Waals surface area contributed by atoms with Crippen LogP contribution < -0.4 is 9.75 Å². The van der Waals surface area contributed by atoms with Crippen LogP contribution in [0.4, 0.5) is 19.0 Å². The molecule has 0 amide bonds. The predicted molar refractivity (Wildman–Crippen MR) is 113 cm³/mol. The third kappa shape index (κ3) is 6.74. The van der Waals surface area contributed by atoms with E-state index in [1.807, 2.05) is 0 Å². The van der Waals surface area contributed by atoms with Crippen LogP contribution in [0.3, 0.4) is 0 Å². The second-order valence-corrected chi connectivity index (χ2v) is 6.06. The van der Waals surface area contributed by atoms with Gasteiger partial charge in [0, 0.05) is 6.20 Å². The van der Waals surface area contributed by atoms with E-state index < -0.39 is 29.6 Å². The lowest BCUT2D eigenvalue weighted by Crippen LogP contribution is -2.39. The van der Waals surface area contributed by atoms with Crippen LogP contribution in [-0.2, 0) is 15.7 Å². The minimum atomic E-state index is -4.67. The van der Waals surface area contributed by atoms with Crippen LogP contribution in [0.15, 0.2) is 47.7 Å². The van der Waals surface area contributed by atoms with Crippen molar-refractivity contribution in [3.05, 3.63) is 53.7 Å². The van der Waals surface area contributed by atoms with Crippen LogP contribution in [0.1, 0.15) is 31.9 Å². The summed E-state index contributed by atoms with van der Waals surface area (Å²) >= 11 is 0. The van der Waals surface area contributed by atoms with Gasteiger partial charge in [0.2, 0.25) is 0 Å². The number of benzene rings is 1. The molecule has 0 N–H and O–H groups in total. The fourth-order valence-corrected chi connectivity index (χ4v) is 2.53. The molecule has 1 unspecified atom stereocenters. The van der Waals surface area contributed by atoms with Gasteiger partial charge in [0.05, 0.1) is 25.0 Å². The summed E-state index contributed by atoms with van der Waals surface area (Å²) < 4.78 is 50.6. The van der Waals surface area contributed by atoms with E-state index in [-0.39, 0.29) is 6.61 Å². The van der Waals surface area contributed by atoms with Gasteiger partial charge in [-0.3, -0.25) is 0 Å². The number of terminal acetylenes is 1. The number of carbonyl (C=O) groups excluding carboxylic acids is 1. The molecule has 9 heteroatoms. The first-order valence-electron chi connectivity index (χ1n) is 9.20. The Hall–Kier alpha value is -3.54. The van der Waals surface area contributed by atoms with Gasteiger partial charge in [-0.2, -0.15) is 18.3 Å². The molecular formula is C22H24F3N3O3. The molecule has 0 saturated heterocycles. The molecule has 0 aliphatic rings. The molecule has 6 nitrogen and oxygen atoms in total. The van der Waals surface area contributed by atoms with Gasteiger partial charge in [-0.25, -0.2) is 14.8 Å². The molecule has 0 bridgehead atoms. The zero-order chi connectivity index (χ0) is 23.6. The second kappa shape index (κ2) is 11.6. The molecule has 1 aromatic carbocycles. The quantitative estimate of drug-likeness (QED) is 0.277. The smallest absolute Gasteiger partial charge is 0.420 e. The lowest BCUT2D eigenvalue weighted by atomic mass is 10.1. The Morgan fingerprint density at radius 3 is 2.35 bits per heavy atom. The largest absolute Gasteiger partial charge is 0.497 e. The molecule has 0 spiro atoms. The third-order valence-electron chi connectivity index (χ3n) is 4.07. The first-order valence-corrected chi connectivity index (χ1v) is 9.20. The fraction of sp³-hybridized carbons (Fsp3) is 0.318. The summed E-state index contributed by atoms with van der Waals surface area (Å²) in [6.07, 6.45) is 4.55. The molecule has 0 saturated carbocycles. The Morgan fingerprint density at radius 1 is 1.23 bits per heavy atom. The molecule has 0 aliphatic heterocycles. The number of hydrogen-bond acceptors (Lipinski definition) is 6. The number of nitrogens with zero attached hydrogens (tertiary/aromatic N) is 3. The number of esters is 1. The lowest BCUT2D eigenvalue weighted by Gasteiger charge is -2.27. The number of hydrazone groups is 1. The van der Waals surface area contributed by atoms with Gasteiger partial charge in [-0.15, -0.1) is 12.8 Å². The first-order chi connectivity index (χ1) is 14.7. The van der Waals surface area contributed by atoms with E-state index in [9.17, 15) is 18.0 Å². The minimum absolute atomic E-state index is 0.0898. The molecule has 1 heterocycles. The Labute approximate surface area is 179 Å². The Bertz CT molecular complexity index is 909. The van der Waals surface area contributed by atoms with Crippen molar-refractivity contribution in [1.82, 2.24) is 4.98 Å². The highest BCUT2D eigenvalue weighted by atomic mass is 19.4. The van der Waals surface area contributed by atoms with Crippen LogP contribution in [0.5, 0.6) is 5.75 Å². The maximum atomic E-state index is 13.5. The molecule has 31 heavy (non-hydrogen) atoms. The highest BCUT2D eigenvalue weighted by Gasteiger charge is 2.38. The average Bonchev–Trinajstić information content (AvgIpc) is 2.78. The summed E-state index contributed by atoms with van der Waals surface area (Å²) in [6, 6.07) is 7.79. The lowest BCUT2D eigenvalue weighted by molar-refractivity contribution is -0.145. The third-order valence-corrected chi connectivity index (χ3v) is 4.07. The number of alkyl halides is 3. The van der Waals surface area contributed by atoms with Gasteiger partial charge < -0.3 is 9.47 Å². The topological polar surface area (TPSA) is 64.0 Å². The summed E-state index contributed by atoms with van der Waals surface area (Å²) in [7, 11) is 1.53. The summed E-state index contributed by atoms with van der Waals surface area (Å²) in [4.78, 5) is 16.1. The molecule has 166 valence electrons. The number of pyridine rings is 1. The normalized spacial score (nSPS) is 12.2. The maximum absolute atomic E-state index is 13.5. The highest BCUT2D eigenvalue weighted by Crippen LogP contribution is 2.36. The second-order valence-electron chi connectivity index (χ2n) is 6.06. The SMILES string of the molecule is C#C.CCOC(=O)C(C)N(/N=C(\C)c1ccc(OC)cc1)c1ncccc1C(F)(F)F. The van der Waals surface area contributed by atoms with E-state index in [0.29, 0.717) is 17.0 Å². The molecule has 0 fully saturated rings. The monoisotopic (exact) mass is 435 g/mol. The van der Waals surface area contributed by atoms with Crippen LogP contribution in [-0.4, -0.2) is 36.4 Å². The van der Waals surface area contributed by atoms with Crippen molar-refractivity contribution >= 4 is 17.5 Å². The molecule has 1 aromatic heterocycles. The van der Waals surface area contributed by atoms with Crippen LogP contribution in [0.25, 0.3) is 0 Å². The van der Waals surface area contributed by atoms with Crippen molar-refractivity contribution in [3.8, 4) is 18.6 Å². The van der Waals surface area contributed by atoms with E-state index in [2.05, 4.69) is 22.9 Å².